The topological polar surface area (TPSA) is 107 Å². The fourth-order valence-electron chi connectivity index (χ4n) is 4.66. The summed E-state index contributed by atoms with van der Waals surface area (Å²) in [6.07, 6.45) is -9.52. The van der Waals surface area contributed by atoms with Crippen LogP contribution in [0.1, 0.15) is 59.8 Å². The Balaban J connectivity index is 1.28. The highest BCUT2D eigenvalue weighted by Gasteiger charge is 2.64. The largest absolute Gasteiger partial charge is 0.454 e. The number of hydrogen-bond donors (Lipinski definition) is 0. The normalized spacial score (nSPS) is 37.9. The number of alkyl halides is 3. The fourth-order valence-corrected chi connectivity index (χ4v) is 4.66. The van der Waals surface area contributed by atoms with Crippen LogP contribution < -0.4 is 0 Å². The lowest BCUT2D eigenvalue weighted by Crippen LogP contribution is -2.40. The third-order valence-corrected chi connectivity index (χ3v) is 7.46. The number of hydrogen-bond acceptors (Lipinski definition) is 9. The average Bonchev–Trinajstić information content (AvgIpc) is 3.44. The van der Waals surface area contributed by atoms with Crippen LogP contribution in [0.2, 0.25) is 0 Å². The van der Waals surface area contributed by atoms with Crippen LogP contribution in [-0.4, -0.2) is 67.2 Å². The molecule has 7 atom stereocenters. The Labute approximate surface area is 200 Å². The van der Waals surface area contributed by atoms with Gasteiger partial charge in [-0.3, -0.25) is 9.59 Å². The monoisotopic (exact) mass is 508 g/mol. The van der Waals surface area contributed by atoms with Crippen molar-refractivity contribution in [2.24, 2.45) is 17.3 Å². The Morgan fingerprint density at radius 3 is 2.23 bits per heavy atom. The van der Waals surface area contributed by atoms with E-state index < -0.39 is 78.5 Å². The maximum Gasteiger partial charge on any atom is 0.425 e. The first-order valence-electron chi connectivity index (χ1n) is 12.0. The second kappa shape index (κ2) is 9.51. The molecule has 2 unspecified atom stereocenters. The molecule has 0 bridgehead atoms. The van der Waals surface area contributed by atoms with Crippen LogP contribution in [-0.2, 0) is 42.8 Å². The van der Waals surface area contributed by atoms with Crippen molar-refractivity contribution in [3.05, 3.63) is 0 Å². The predicted octanol–water partition coefficient (Wildman–Crippen LogP) is 3.03. The summed E-state index contributed by atoms with van der Waals surface area (Å²) in [6, 6.07) is 0. The summed E-state index contributed by atoms with van der Waals surface area (Å²) in [4.78, 5) is 36.9. The molecule has 3 heterocycles. The van der Waals surface area contributed by atoms with Gasteiger partial charge in [-0.05, 0) is 52.9 Å². The molecule has 4 fully saturated rings. The number of carbonyl (C=O) groups is 3. The van der Waals surface area contributed by atoms with E-state index in [9.17, 15) is 27.6 Å². The van der Waals surface area contributed by atoms with Gasteiger partial charge in [-0.15, -0.1) is 0 Å². The third kappa shape index (κ3) is 5.15. The standard InChI is InChI=1S/C23H31F3O9/c1-5-22(3,4)21(29)34-15-13-14(31-18(15)28)16-20(32-13)35-19(33-16)12-8-6-11(7-9-12)17(27)30-10(2)23(24,25)26/h10-16,19-20H,5-9H2,1-4H3/t10?,11?,12?,13-,14-,15-,16+,19?,20+/m0/s1. The van der Waals surface area contributed by atoms with Crippen molar-refractivity contribution in [2.75, 3.05) is 0 Å². The van der Waals surface area contributed by atoms with E-state index in [1.54, 1.807) is 13.8 Å². The van der Waals surface area contributed by atoms with Crippen molar-refractivity contribution >= 4 is 17.9 Å². The Bertz CT molecular complexity index is 837. The van der Waals surface area contributed by atoms with Gasteiger partial charge >= 0.3 is 24.1 Å². The Kier molecular flexibility index (Phi) is 7.11. The van der Waals surface area contributed by atoms with Crippen LogP contribution in [0, 0.1) is 17.3 Å². The minimum Gasteiger partial charge on any atom is -0.454 e. The molecule has 1 saturated carbocycles. The van der Waals surface area contributed by atoms with Gasteiger partial charge in [0.15, 0.2) is 30.9 Å². The lowest BCUT2D eigenvalue weighted by Gasteiger charge is -2.31. The van der Waals surface area contributed by atoms with Gasteiger partial charge in [0, 0.05) is 5.92 Å². The van der Waals surface area contributed by atoms with E-state index in [2.05, 4.69) is 4.74 Å². The molecule has 4 aliphatic rings. The molecule has 0 spiro atoms. The van der Waals surface area contributed by atoms with E-state index in [-0.39, 0.29) is 5.92 Å². The number of ether oxygens (including phenoxy) is 6. The fraction of sp³-hybridized carbons (Fsp3) is 0.870. The lowest BCUT2D eigenvalue weighted by molar-refractivity contribution is -0.220. The van der Waals surface area contributed by atoms with Gasteiger partial charge in [0.05, 0.1) is 11.3 Å². The Hall–Kier alpha value is -1.92. The molecule has 198 valence electrons. The number of halogens is 3. The molecule has 4 rings (SSSR count). The molecule has 12 heteroatoms. The first-order valence-corrected chi connectivity index (χ1v) is 12.0. The minimum absolute atomic E-state index is 0.108. The van der Waals surface area contributed by atoms with Gasteiger partial charge < -0.3 is 28.4 Å². The minimum atomic E-state index is -4.60. The van der Waals surface area contributed by atoms with Crippen molar-refractivity contribution in [3.8, 4) is 0 Å². The molecule has 0 aromatic carbocycles. The highest BCUT2D eigenvalue weighted by molar-refractivity contribution is 5.84. The molecule has 0 aromatic rings. The summed E-state index contributed by atoms with van der Waals surface area (Å²) in [5, 5.41) is 0. The van der Waals surface area contributed by atoms with Gasteiger partial charge in [-0.2, -0.15) is 13.2 Å². The van der Waals surface area contributed by atoms with Gasteiger partial charge in [-0.1, -0.05) is 6.92 Å². The van der Waals surface area contributed by atoms with Gasteiger partial charge in [-0.25, -0.2) is 4.79 Å². The molecule has 0 radical (unpaired) electrons. The highest BCUT2D eigenvalue weighted by Crippen LogP contribution is 2.44. The predicted molar refractivity (Wildman–Crippen MR) is 109 cm³/mol. The van der Waals surface area contributed by atoms with E-state index in [1.165, 1.54) is 0 Å². The second-order valence-electron chi connectivity index (χ2n) is 10.3. The Morgan fingerprint density at radius 2 is 1.63 bits per heavy atom. The summed E-state index contributed by atoms with van der Waals surface area (Å²) in [6.45, 7) is 6.09. The molecule has 1 aliphatic carbocycles. The number of esters is 3. The van der Waals surface area contributed by atoms with E-state index in [0.29, 0.717) is 32.1 Å². The van der Waals surface area contributed by atoms with E-state index in [1.807, 2.05) is 6.92 Å². The van der Waals surface area contributed by atoms with E-state index in [4.69, 9.17) is 23.7 Å². The highest BCUT2D eigenvalue weighted by atomic mass is 19.4. The third-order valence-electron chi connectivity index (χ3n) is 7.46. The van der Waals surface area contributed by atoms with E-state index in [0.717, 1.165) is 6.92 Å². The zero-order valence-corrected chi connectivity index (χ0v) is 20.0. The summed E-state index contributed by atoms with van der Waals surface area (Å²) in [5.74, 6) is -2.80. The molecule has 0 aromatic heterocycles. The maximum absolute atomic E-state index is 12.6. The molecule has 0 N–H and O–H groups in total. The van der Waals surface area contributed by atoms with Crippen molar-refractivity contribution in [3.63, 3.8) is 0 Å². The summed E-state index contributed by atoms with van der Waals surface area (Å²) >= 11 is 0. The van der Waals surface area contributed by atoms with Crippen molar-refractivity contribution < 1.29 is 56.0 Å². The first kappa shape index (κ1) is 26.2. The van der Waals surface area contributed by atoms with Crippen LogP contribution in [0.25, 0.3) is 0 Å². The number of carbonyl (C=O) groups excluding carboxylic acids is 3. The quantitative estimate of drug-likeness (QED) is 0.395. The van der Waals surface area contributed by atoms with Crippen LogP contribution in [0.4, 0.5) is 13.2 Å². The molecule has 9 nitrogen and oxygen atoms in total. The number of fused-ring (bicyclic) bond motifs is 3. The first-order chi connectivity index (χ1) is 16.3. The molecular weight excluding hydrogens is 477 g/mol. The van der Waals surface area contributed by atoms with Gasteiger partial charge in [0.1, 0.15) is 6.10 Å². The van der Waals surface area contributed by atoms with Crippen LogP contribution in [0.5, 0.6) is 0 Å². The summed E-state index contributed by atoms with van der Waals surface area (Å²) < 4.78 is 71.1. The smallest absolute Gasteiger partial charge is 0.425 e. The van der Waals surface area contributed by atoms with Crippen LogP contribution >= 0.6 is 0 Å². The molecular formula is C23H31F3O9. The van der Waals surface area contributed by atoms with Crippen LogP contribution in [0.15, 0.2) is 0 Å². The number of rotatable bonds is 6. The summed E-state index contributed by atoms with van der Waals surface area (Å²) in [7, 11) is 0. The lowest BCUT2D eigenvalue weighted by atomic mass is 9.81. The van der Waals surface area contributed by atoms with E-state index >= 15 is 0 Å². The zero-order chi connectivity index (χ0) is 25.7. The Morgan fingerprint density at radius 1 is 1.00 bits per heavy atom. The van der Waals surface area contributed by atoms with Crippen molar-refractivity contribution in [1.82, 2.24) is 0 Å². The second-order valence-corrected chi connectivity index (χ2v) is 10.3. The zero-order valence-electron chi connectivity index (χ0n) is 20.0. The van der Waals surface area contributed by atoms with Gasteiger partial charge in [0.2, 0.25) is 6.10 Å². The van der Waals surface area contributed by atoms with Crippen molar-refractivity contribution in [1.29, 1.82) is 0 Å². The van der Waals surface area contributed by atoms with Crippen molar-refractivity contribution in [2.45, 2.75) is 109 Å². The average molecular weight is 508 g/mol. The SMILES string of the molecule is CCC(C)(C)C(=O)O[C@@H]1C(=O)O[C@@H]2[C@H]3OC(C4CCC(C(=O)OC(C)C(F)(F)F)CC4)O[C@H]3O[C@@H]21. The maximum atomic E-state index is 12.6. The molecule has 3 aliphatic heterocycles. The molecule has 0 amide bonds. The molecule has 3 saturated heterocycles. The van der Waals surface area contributed by atoms with Gasteiger partial charge in [0.25, 0.3) is 0 Å². The molecule has 35 heavy (non-hydrogen) atoms. The van der Waals surface area contributed by atoms with Crippen LogP contribution in [0.3, 0.4) is 0 Å². The summed E-state index contributed by atoms with van der Waals surface area (Å²) in [5.41, 5.74) is -0.763.